The van der Waals surface area contributed by atoms with Crippen LogP contribution in [-0.2, 0) is 26.5 Å². The summed E-state index contributed by atoms with van der Waals surface area (Å²) in [5.74, 6) is 0.0804. The third-order valence-electron chi connectivity index (χ3n) is 10.1. The molecule has 4 aromatic rings. The van der Waals surface area contributed by atoms with Crippen LogP contribution in [-0.4, -0.2) is 50.2 Å². The molecule has 6 rings (SSSR count). The highest BCUT2D eigenvalue weighted by Gasteiger charge is 2.66. The lowest BCUT2D eigenvalue weighted by Gasteiger charge is -2.37. The van der Waals surface area contributed by atoms with Crippen LogP contribution in [0.2, 0.25) is 18.6 Å². The molecular weight excluding hydrogens is 627 g/mol. The van der Waals surface area contributed by atoms with Gasteiger partial charge in [-0.1, -0.05) is 67.7 Å². The van der Waals surface area contributed by atoms with Gasteiger partial charge in [0.15, 0.2) is 5.60 Å². The maximum absolute atomic E-state index is 14.9. The second kappa shape index (κ2) is 13.0. The van der Waals surface area contributed by atoms with Gasteiger partial charge in [0.1, 0.15) is 5.75 Å². The quantitative estimate of drug-likeness (QED) is 0.0897. The maximum atomic E-state index is 14.9. The van der Waals surface area contributed by atoms with Crippen LogP contribution >= 0.6 is 0 Å². The minimum absolute atomic E-state index is 0.107. The fraction of sp³-hybridized carbons (Fsp3) is 0.297. The minimum Gasteiger partial charge on any atom is -0.497 e. The number of anilines is 3. The molecule has 0 radical (unpaired) electrons. The molecule has 0 saturated carbocycles. The number of nitro groups is 1. The van der Waals surface area contributed by atoms with Crippen LogP contribution in [0, 0.1) is 16.0 Å². The summed E-state index contributed by atoms with van der Waals surface area (Å²) < 4.78 is 12.3. The second-order valence-corrected chi connectivity index (χ2v) is 17.7. The molecule has 1 spiro atoms. The van der Waals surface area contributed by atoms with Crippen molar-refractivity contribution >= 4 is 48.3 Å². The Labute approximate surface area is 280 Å². The summed E-state index contributed by atoms with van der Waals surface area (Å²) >= 11 is 0. The zero-order chi connectivity index (χ0) is 34.2. The molecule has 1 saturated heterocycles. The summed E-state index contributed by atoms with van der Waals surface area (Å²) in [6, 6.07) is 29.2. The maximum Gasteiger partial charge on any atom is 0.269 e. The van der Waals surface area contributed by atoms with Gasteiger partial charge in [0, 0.05) is 41.6 Å². The second-order valence-electron chi connectivity index (χ2n) is 13.0. The molecule has 2 aliphatic rings. The molecule has 2 heterocycles. The number of amides is 2. The number of carbonyl (C=O) groups excluding carboxylic acids is 2. The predicted octanol–water partition coefficient (Wildman–Crippen LogP) is 6.04. The molecule has 0 aromatic heterocycles. The monoisotopic (exact) mass is 665 g/mol. The first-order valence-electron chi connectivity index (χ1n) is 16.0. The van der Waals surface area contributed by atoms with E-state index in [9.17, 15) is 24.8 Å². The van der Waals surface area contributed by atoms with Gasteiger partial charge >= 0.3 is 0 Å². The van der Waals surface area contributed by atoms with Crippen molar-refractivity contribution in [1.82, 2.24) is 0 Å². The van der Waals surface area contributed by atoms with Gasteiger partial charge in [-0.3, -0.25) is 24.6 Å². The van der Waals surface area contributed by atoms with E-state index in [1.165, 1.54) is 17.0 Å². The number of aliphatic hydroxyl groups is 1. The normalized spacial score (nSPS) is 21.7. The van der Waals surface area contributed by atoms with E-state index >= 15 is 0 Å². The zero-order valence-corrected chi connectivity index (χ0v) is 28.4. The third-order valence-corrected chi connectivity index (χ3v) is 14.5. The first-order chi connectivity index (χ1) is 23.1. The van der Waals surface area contributed by atoms with Gasteiger partial charge in [0.25, 0.3) is 11.6 Å². The lowest BCUT2D eigenvalue weighted by atomic mass is 9.82. The number of non-ortho nitro benzene ring substituents is 1. The van der Waals surface area contributed by atoms with Crippen LogP contribution in [0.5, 0.6) is 5.75 Å². The van der Waals surface area contributed by atoms with Gasteiger partial charge in [0.05, 0.1) is 38.4 Å². The molecule has 1 fully saturated rings. The first kappa shape index (κ1) is 33.1. The fourth-order valence-corrected chi connectivity index (χ4v) is 11.9. The molecule has 248 valence electrons. The van der Waals surface area contributed by atoms with Crippen LogP contribution < -0.4 is 19.7 Å². The van der Waals surface area contributed by atoms with Gasteiger partial charge in [-0.25, -0.2) is 0 Å². The number of nitrogens with zero attached hydrogens (tertiary/aromatic N) is 3. The fourth-order valence-electron chi connectivity index (χ4n) is 7.82. The first-order valence-corrected chi connectivity index (χ1v) is 19.1. The van der Waals surface area contributed by atoms with E-state index in [2.05, 4.69) is 25.2 Å². The van der Waals surface area contributed by atoms with Crippen molar-refractivity contribution < 1.29 is 29.1 Å². The van der Waals surface area contributed by atoms with Crippen molar-refractivity contribution in [3.05, 3.63) is 118 Å². The highest BCUT2D eigenvalue weighted by molar-refractivity contribution is 6.91. The Morgan fingerprint density at radius 1 is 1.02 bits per heavy atom. The molecule has 4 aromatic carbocycles. The third kappa shape index (κ3) is 5.47. The largest absolute Gasteiger partial charge is 0.497 e. The Bertz CT molecular complexity index is 1830. The van der Waals surface area contributed by atoms with E-state index in [4.69, 9.17) is 9.47 Å². The number of hydrogen-bond donors (Lipinski definition) is 1. The van der Waals surface area contributed by atoms with E-state index < -0.39 is 24.7 Å². The number of hydrogen-bond acceptors (Lipinski definition) is 7. The Morgan fingerprint density at radius 2 is 1.73 bits per heavy atom. The molecule has 0 bridgehead atoms. The number of aliphatic hydroxyl groups excluding tert-OH is 1. The van der Waals surface area contributed by atoms with E-state index in [0.29, 0.717) is 29.0 Å². The summed E-state index contributed by atoms with van der Waals surface area (Å²) in [4.78, 5) is 41.8. The number of rotatable bonds is 11. The number of nitro benzene ring substituents is 1. The van der Waals surface area contributed by atoms with Crippen molar-refractivity contribution in [3.8, 4) is 5.75 Å². The van der Waals surface area contributed by atoms with Crippen molar-refractivity contribution in [2.75, 3.05) is 23.5 Å². The van der Waals surface area contributed by atoms with Crippen LogP contribution in [0.4, 0.5) is 22.7 Å². The van der Waals surface area contributed by atoms with Gasteiger partial charge < -0.3 is 19.5 Å². The number of carbonyl (C=O) groups is 2. The summed E-state index contributed by atoms with van der Waals surface area (Å²) in [6.45, 7) is 6.52. The van der Waals surface area contributed by atoms with Crippen LogP contribution in [0.1, 0.15) is 24.5 Å². The summed E-state index contributed by atoms with van der Waals surface area (Å²) in [5, 5.41) is 23.3. The topological polar surface area (TPSA) is 122 Å². The number of benzene rings is 4. The predicted molar refractivity (Wildman–Crippen MR) is 187 cm³/mol. The average Bonchev–Trinajstić information content (AvgIpc) is 3.52. The number of para-hydroxylation sites is 1. The van der Waals surface area contributed by atoms with Crippen molar-refractivity contribution in [1.29, 1.82) is 0 Å². The lowest BCUT2D eigenvalue weighted by molar-refractivity contribution is -0.385. The molecule has 10 nitrogen and oxygen atoms in total. The Balaban J connectivity index is 1.42. The SMILES string of the molecule is COc1ccc([Si](C)(C)[C@H]2[C@H](CCO)O[C@@]3(C(=O)N(Cc4cccc(N(C=O)c5ccccc5)c4)c4ccc([N+](=O)[O-])cc43)[C@@H]2C)cc1. The summed E-state index contributed by atoms with van der Waals surface area (Å²) in [5.41, 5.74) is 1.41. The van der Waals surface area contributed by atoms with E-state index in [-0.39, 0.29) is 36.2 Å². The molecule has 4 atom stereocenters. The van der Waals surface area contributed by atoms with Gasteiger partial charge in [0.2, 0.25) is 6.41 Å². The molecule has 2 aliphatic heterocycles. The molecule has 11 heteroatoms. The number of ether oxygens (including phenoxy) is 2. The van der Waals surface area contributed by atoms with Crippen molar-refractivity contribution in [3.63, 3.8) is 0 Å². The molecule has 2 amide bonds. The molecule has 0 aliphatic carbocycles. The lowest BCUT2D eigenvalue weighted by Crippen LogP contribution is -2.51. The minimum atomic E-state index is -2.41. The standard InChI is InChI=1S/C37H39N3O7Si/c1-25-35(48(3,4)31-16-14-30(46-2)15-17-31)34(19-20-41)47-37(25)32-22-29(40(44)45)13-18-33(32)38(36(37)43)23-26-9-8-12-28(21-26)39(24-42)27-10-6-5-7-11-27/h5-18,21-22,24-25,34-35,41H,19-20,23H2,1-4H3/t25-,34+,35-,37+/m1/s1. The van der Waals surface area contributed by atoms with E-state index in [1.807, 2.05) is 73.7 Å². The molecule has 48 heavy (non-hydrogen) atoms. The molecule has 0 unspecified atom stereocenters. The van der Waals surface area contributed by atoms with Gasteiger partial charge in [-0.2, -0.15) is 0 Å². The van der Waals surface area contributed by atoms with Crippen LogP contribution in [0.25, 0.3) is 0 Å². The molecular formula is C37H39N3O7Si. The summed E-state index contributed by atoms with van der Waals surface area (Å²) in [7, 11) is -0.790. The van der Waals surface area contributed by atoms with Gasteiger partial charge in [-0.05, 0) is 60.0 Å². The average molecular weight is 666 g/mol. The smallest absolute Gasteiger partial charge is 0.269 e. The Hall–Kier alpha value is -4.84. The highest BCUT2D eigenvalue weighted by Crippen LogP contribution is 2.60. The van der Waals surface area contributed by atoms with E-state index in [0.717, 1.165) is 22.9 Å². The zero-order valence-electron chi connectivity index (χ0n) is 27.4. The van der Waals surface area contributed by atoms with Crippen molar-refractivity contribution in [2.24, 2.45) is 5.92 Å². The summed E-state index contributed by atoms with van der Waals surface area (Å²) in [6.07, 6.45) is 0.618. The number of fused-ring (bicyclic) bond motifs is 2. The number of methoxy groups -OCH3 is 1. The molecule has 1 N–H and O–H groups in total. The Kier molecular flexibility index (Phi) is 8.95. The van der Waals surface area contributed by atoms with Crippen LogP contribution in [0.15, 0.2) is 97.1 Å². The van der Waals surface area contributed by atoms with Crippen molar-refractivity contribution in [2.45, 2.75) is 50.2 Å². The highest BCUT2D eigenvalue weighted by atomic mass is 28.3. The van der Waals surface area contributed by atoms with Gasteiger partial charge in [-0.15, -0.1) is 0 Å². The van der Waals surface area contributed by atoms with E-state index in [1.54, 1.807) is 18.1 Å². The van der Waals surface area contributed by atoms with Crippen LogP contribution in [0.3, 0.4) is 0 Å². The Morgan fingerprint density at radius 3 is 2.38 bits per heavy atom.